The van der Waals surface area contributed by atoms with Crippen molar-refractivity contribution in [3.05, 3.63) is 30.5 Å². The zero-order valence-corrected chi connectivity index (χ0v) is 21.3. The Bertz CT molecular complexity index is 1060. The van der Waals surface area contributed by atoms with Gasteiger partial charge in [0.15, 0.2) is 5.78 Å². The van der Waals surface area contributed by atoms with Gasteiger partial charge in [-0.15, -0.1) is 0 Å². The Morgan fingerprint density at radius 3 is 2.67 bits per heavy atom. The number of hydrogen-bond donors (Lipinski definition) is 1. The van der Waals surface area contributed by atoms with Gasteiger partial charge in [0.25, 0.3) is 0 Å². The molecule has 178 valence electrons. The largest absolute Gasteiger partial charge is 0.297 e. The number of benzene rings is 1. The van der Waals surface area contributed by atoms with Crippen LogP contribution in [0.1, 0.15) is 84.5 Å². The van der Waals surface area contributed by atoms with Crippen molar-refractivity contribution in [3.8, 4) is 0 Å². The second-order valence-corrected chi connectivity index (χ2v) is 13.3. The summed E-state index contributed by atoms with van der Waals surface area (Å²) in [5.74, 6) is 2.71. The summed E-state index contributed by atoms with van der Waals surface area (Å²) >= 11 is 5.64. The van der Waals surface area contributed by atoms with E-state index in [1.807, 2.05) is 23.0 Å². The van der Waals surface area contributed by atoms with Gasteiger partial charge in [-0.3, -0.25) is 9.48 Å². The number of ketones is 1. The van der Waals surface area contributed by atoms with Gasteiger partial charge in [0.05, 0.1) is 11.7 Å². The highest BCUT2D eigenvalue weighted by Gasteiger charge is 2.64. The molecule has 3 nitrogen and oxygen atoms in total. The molecular formula is C29H40N2OS. The number of aromatic nitrogens is 2. The lowest BCUT2D eigenvalue weighted by atomic mass is 9.41. The second-order valence-electron chi connectivity index (χ2n) is 12.4. The van der Waals surface area contributed by atoms with E-state index in [0.29, 0.717) is 23.7 Å². The first-order chi connectivity index (χ1) is 15.9. The normalized spacial score (nSPS) is 42.9. The minimum absolute atomic E-state index is 0.0778. The average molecular weight is 465 g/mol. The smallest absolute Gasteiger partial charge is 0.157 e. The number of Topliss-reactive ketones (excluding diaryl/α,β-unsaturated/α-hetero) is 1. The van der Waals surface area contributed by atoms with Crippen LogP contribution in [0.25, 0.3) is 10.9 Å². The van der Waals surface area contributed by atoms with Crippen molar-refractivity contribution in [3.63, 3.8) is 0 Å². The number of thiol groups is 1. The van der Waals surface area contributed by atoms with E-state index in [9.17, 15) is 4.79 Å². The molecule has 1 aromatic carbocycles. The van der Waals surface area contributed by atoms with Crippen molar-refractivity contribution in [2.24, 2.45) is 34.5 Å². The third-order valence-electron chi connectivity index (χ3n) is 11.1. The second kappa shape index (κ2) is 7.86. The zero-order chi connectivity index (χ0) is 22.8. The highest BCUT2D eigenvalue weighted by Crippen LogP contribution is 2.69. The maximum atomic E-state index is 13.8. The van der Waals surface area contributed by atoms with Crippen LogP contribution in [0.15, 0.2) is 30.5 Å². The third-order valence-corrected chi connectivity index (χ3v) is 12.0. The van der Waals surface area contributed by atoms with Crippen LogP contribution in [0.4, 0.5) is 0 Å². The predicted molar refractivity (Wildman–Crippen MR) is 137 cm³/mol. The van der Waals surface area contributed by atoms with Crippen LogP contribution in [0.3, 0.4) is 0 Å². The van der Waals surface area contributed by atoms with Gasteiger partial charge in [0.1, 0.15) is 6.54 Å². The molecule has 3 unspecified atom stereocenters. The summed E-state index contributed by atoms with van der Waals surface area (Å²) in [5, 5.41) is 5.69. The maximum Gasteiger partial charge on any atom is 0.157 e. The fourth-order valence-electron chi connectivity index (χ4n) is 9.50. The molecule has 7 atom stereocenters. The Hall–Kier alpha value is -1.29. The van der Waals surface area contributed by atoms with E-state index in [-0.39, 0.29) is 16.1 Å². The zero-order valence-electron chi connectivity index (χ0n) is 20.4. The fourth-order valence-corrected chi connectivity index (χ4v) is 10.5. The number of nitrogens with zero attached hydrogens (tertiary/aromatic N) is 2. The third kappa shape index (κ3) is 3.22. The molecule has 4 fully saturated rings. The Kier molecular flexibility index (Phi) is 5.29. The van der Waals surface area contributed by atoms with Crippen molar-refractivity contribution in [1.82, 2.24) is 9.78 Å². The van der Waals surface area contributed by atoms with Gasteiger partial charge in [0.2, 0.25) is 0 Å². The first-order valence-corrected chi connectivity index (χ1v) is 14.0. The lowest BCUT2D eigenvalue weighted by Crippen LogP contribution is -2.64. The number of para-hydroxylation sites is 1. The highest BCUT2D eigenvalue weighted by atomic mass is 32.1. The van der Waals surface area contributed by atoms with E-state index in [2.05, 4.69) is 31.1 Å². The Morgan fingerprint density at radius 1 is 0.970 bits per heavy atom. The van der Waals surface area contributed by atoms with Gasteiger partial charge >= 0.3 is 0 Å². The van der Waals surface area contributed by atoms with Crippen molar-refractivity contribution in [2.45, 2.75) is 95.8 Å². The molecule has 4 saturated carbocycles. The molecule has 0 bridgehead atoms. The molecule has 0 N–H and O–H groups in total. The van der Waals surface area contributed by atoms with Crippen molar-refractivity contribution < 1.29 is 4.79 Å². The molecule has 0 spiro atoms. The predicted octanol–water partition coefficient (Wildman–Crippen LogP) is 7.10. The SMILES string of the molecule is C[C@]12CCCCC1CC[C@]1(S)C2CC[C@@]2(C)C1CCC[C@@H]2C(=O)Cn1ncc2ccccc21. The summed E-state index contributed by atoms with van der Waals surface area (Å²) < 4.78 is 2.04. The average Bonchev–Trinajstić information content (AvgIpc) is 3.20. The summed E-state index contributed by atoms with van der Waals surface area (Å²) in [7, 11) is 0. The van der Waals surface area contributed by atoms with Crippen molar-refractivity contribution >= 4 is 29.3 Å². The Labute approximate surface area is 204 Å². The van der Waals surface area contributed by atoms with E-state index < -0.39 is 0 Å². The van der Waals surface area contributed by atoms with Crippen LogP contribution in [-0.2, 0) is 11.3 Å². The summed E-state index contributed by atoms with van der Waals surface area (Å²) in [4.78, 5) is 13.8. The number of carbonyl (C=O) groups is 1. The van der Waals surface area contributed by atoms with Crippen LogP contribution >= 0.6 is 12.6 Å². The summed E-state index contributed by atoms with van der Waals surface area (Å²) in [6.45, 7) is 5.48. The quantitative estimate of drug-likeness (QED) is 0.492. The minimum Gasteiger partial charge on any atom is -0.297 e. The highest BCUT2D eigenvalue weighted by molar-refractivity contribution is 7.81. The van der Waals surface area contributed by atoms with Gasteiger partial charge in [-0.1, -0.05) is 51.3 Å². The lowest BCUT2D eigenvalue weighted by molar-refractivity contribution is -0.147. The first kappa shape index (κ1) is 22.2. The Morgan fingerprint density at radius 2 is 1.79 bits per heavy atom. The van der Waals surface area contributed by atoms with Gasteiger partial charge in [0, 0.05) is 16.1 Å². The van der Waals surface area contributed by atoms with Crippen molar-refractivity contribution in [1.29, 1.82) is 0 Å². The topological polar surface area (TPSA) is 34.9 Å². The van der Waals surface area contributed by atoms with E-state index in [0.717, 1.165) is 29.2 Å². The molecule has 0 aliphatic heterocycles. The molecule has 0 saturated heterocycles. The van der Waals surface area contributed by atoms with Crippen LogP contribution < -0.4 is 0 Å². The van der Waals surface area contributed by atoms with Crippen LogP contribution in [-0.4, -0.2) is 20.3 Å². The summed E-state index contributed by atoms with van der Waals surface area (Å²) in [5.41, 5.74) is 1.61. The van der Waals surface area contributed by atoms with E-state index in [1.54, 1.807) is 0 Å². The molecule has 33 heavy (non-hydrogen) atoms. The van der Waals surface area contributed by atoms with Gasteiger partial charge < -0.3 is 0 Å². The van der Waals surface area contributed by atoms with Gasteiger partial charge in [-0.05, 0) is 86.0 Å². The molecule has 1 heterocycles. The van der Waals surface area contributed by atoms with E-state index in [1.165, 1.54) is 64.2 Å². The van der Waals surface area contributed by atoms with Gasteiger partial charge in [-0.25, -0.2) is 0 Å². The molecule has 0 amide bonds. The molecule has 4 aliphatic carbocycles. The fraction of sp³-hybridized carbons (Fsp3) is 0.724. The molecule has 4 heteroatoms. The van der Waals surface area contributed by atoms with Crippen LogP contribution in [0.5, 0.6) is 0 Å². The minimum atomic E-state index is 0.0778. The molecule has 4 aliphatic rings. The molecule has 1 aromatic heterocycles. The summed E-state index contributed by atoms with van der Waals surface area (Å²) in [6.07, 6.45) is 16.1. The van der Waals surface area contributed by atoms with Gasteiger partial charge in [-0.2, -0.15) is 17.7 Å². The number of rotatable bonds is 3. The summed E-state index contributed by atoms with van der Waals surface area (Å²) in [6, 6.07) is 8.24. The maximum absolute atomic E-state index is 13.8. The first-order valence-electron chi connectivity index (χ1n) is 13.5. The standard InChI is InChI=1S/C29H40N2OS/c1-27-15-6-5-9-21(27)13-17-29(33)25-12-7-10-22(28(25,2)16-14-26(27)29)24(32)19-31-23-11-4-3-8-20(23)18-30-31/h3-4,8,11,18,21-22,25-26,33H,5-7,9-10,12-17,19H2,1-2H3/t21?,22-,25?,26?,27+,28-,29-/m1/s1. The molecule has 6 rings (SSSR count). The Balaban J connectivity index is 1.29. The lowest BCUT2D eigenvalue weighted by Gasteiger charge is -2.67. The monoisotopic (exact) mass is 464 g/mol. The molecule has 2 aromatic rings. The number of carbonyl (C=O) groups excluding carboxylic acids is 1. The van der Waals surface area contributed by atoms with Crippen LogP contribution in [0, 0.1) is 34.5 Å². The molecular weight excluding hydrogens is 424 g/mol. The molecule has 0 radical (unpaired) electrons. The van der Waals surface area contributed by atoms with E-state index >= 15 is 0 Å². The number of fused-ring (bicyclic) bond motifs is 6. The van der Waals surface area contributed by atoms with Crippen molar-refractivity contribution in [2.75, 3.05) is 0 Å². The number of hydrogen-bond acceptors (Lipinski definition) is 3. The van der Waals surface area contributed by atoms with E-state index in [4.69, 9.17) is 12.6 Å². The van der Waals surface area contributed by atoms with Crippen LogP contribution in [0.2, 0.25) is 0 Å².